The molecule has 13 heteroatoms. The van der Waals surface area contributed by atoms with Gasteiger partial charge in [0, 0.05) is 16.9 Å². The Morgan fingerprint density at radius 1 is 0.811 bits per heavy atom. The lowest BCUT2D eigenvalue weighted by Gasteiger charge is -2.17. The van der Waals surface area contributed by atoms with Crippen LogP contribution < -0.4 is 15.5 Å². The van der Waals surface area contributed by atoms with Crippen molar-refractivity contribution in [2.75, 3.05) is 15.5 Å². The molecule has 37 heavy (non-hydrogen) atoms. The van der Waals surface area contributed by atoms with Crippen LogP contribution in [0, 0.1) is 0 Å². The second-order valence-corrected chi connectivity index (χ2v) is 9.13. The molecule has 0 fully saturated rings. The average molecular weight is 589 g/mol. The Morgan fingerprint density at radius 3 is 2.22 bits per heavy atom. The van der Waals surface area contributed by atoms with Gasteiger partial charge in [0.2, 0.25) is 0 Å². The van der Waals surface area contributed by atoms with Crippen molar-refractivity contribution in [2.45, 2.75) is 6.18 Å². The van der Waals surface area contributed by atoms with E-state index >= 15 is 0 Å². The van der Waals surface area contributed by atoms with Gasteiger partial charge in [-0.3, -0.25) is 14.4 Å². The van der Waals surface area contributed by atoms with Gasteiger partial charge in [0.15, 0.2) is 0 Å². The first-order valence-corrected chi connectivity index (χ1v) is 11.7. The molecule has 1 aliphatic heterocycles. The van der Waals surface area contributed by atoms with Crippen LogP contribution in [0.1, 0.15) is 15.9 Å². The van der Waals surface area contributed by atoms with Gasteiger partial charge in [0.1, 0.15) is 10.7 Å². The van der Waals surface area contributed by atoms with Gasteiger partial charge in [-0.2, -0.15) is 13.2 Å². The van der Waals surface area contributed by atoms with Gasteiger partial charge in [-0.25, -0.2) is 4.90 Å². The molecule has 3 amide bonds. The minimum absolute atomic E-state index is 0.0221. The Hall–Kier alpha value is -3.24. The van der Waals surface area contributed by atoms with Gasteiger partial charge in [-0.1, -0.05) is 58.5 Å². The maximum Gasteiger partial charge on any atom is 0.417 e. The lowest BCUT2D eigenvalue weighted by molar-refractivity contribution is -0.137. The first-order chi connectivity index (χ1) is 17.4. The van der Waals surface area contributed by atoms with Crippen LogP contribution in [0.2, 0.25) is 15.1 Å². The molecule has 0 unspecified atom stereocenters. The molecule has 0 spiro atoms. The van der Waals surface area contributed by atoms with Gasteiger partial charge >= 0.3 is 6.18 Å². The van der Waals surface area contributed by atoms with Gasteiger partial charge in [0.05, 0.1) is 26.3 Å². The summed E-state index contributed by atoms with van der Waals surface area (Å²) >= 11 is 23.9. The highest BCUT2D eigenvalue weighted by molar-refractivity contribution is 6.54. The summed E-state index contributed by atoms with van der Waals surface area (Å²) in [5.41, 5.74) is -1.22. The minimum Gasteiger partial charge on any atom is -0.350 e. The lowest BCUT2D eigenvalue weighted by Crippen LogP contribution is -2.32. The van der Waals surface area contributed by atoms with E-state index in [1.807, 2.05) is 0 Å². The Bertz CT molecular complexity index is 1490. The van der Waals surface area contributed by atoms with Crippen molar-refractivity contribution >= 4 is 81.2 Å². The SMILES string of the molecule is O=C(Nc1ccc(Cl)c(C(F)(F)F)c1)c1cccc(NC2=C(Cl)C(=O)N(c3cccc(Cl)c3Cl)C2=O)c1. The van der Waals surface area contributed by atoms with Crippen molar-refractivity contribution in [3.63, 3.8) is 0 Å². The van der Waals surface area contributed by atoms with Gasteiger partial charge in [-0.05, 0) is 48.5 Å². The number of benzene rings is 3. The topological polar surface area (TPSA) is 78.5 Å². The number of alkyl halides is 3. The van der Waals surface area contributed by atoms with E-state index in [9.17, 15) is 27.6 Å². The summed E-state index contributed by atoms with van der Waals surface area (Å²) in [5.74, 6) is -2.38. The minimum atomic E-state index is -4.71. The summed E-state index contributed by atoms with van der Waals surface area (Å²) in [4.78, 5) is 39.2. The first kappa shape index (κ1) is 26.8. The van der Waals surface area contributed by atoms with Crippen molar-refractivity contribution in [2.24, 2.45) is 0 Å². The molecule has 0 aromatic heterocycles. The Balaban J connectivity index is 1.55. The monoisotopic (exact) mass is 587 g/mol. The van der Waals surface area contributed by atoms with Crippen LogP contribution in [-0.4, -0.2) is 17.7 Å². The summed E-state index contributed by atoms with van der Waals surface area (Å²) in [5, 5.41) is 4.25. The van der Waals surface area contributed by atoms with E-state index in [-0.39, 0.29) is 38.4 Å². The van der Waals surface area contributed by atoms with E-state index < -0.39 is 39.5 Å². The quantitative estimate of drug-likeness (QED) is 0.305. The number of nitrogens with one attached hydrogen (secondary N) is 2. The maximum atomic E-state index is 13.1. The molecule has 4 rings (SSSR count). The predicted molar refractivity (Wildman–Crippen MR) is 136 cm³/mol. The number of imide groups is 1. The second kappa shape index (κ2) is 10.3. The standard InChI is InChI=1S/C24H12Cl4F3N3O3/c25-15-8-7-13(10-14(15)24(29,30)31)33-21(35)11-3-1-4-12(9-11)32-20-19(28)22(36)34(23(20)37)17-6-2-5-16(26)18(17)27/h1-10,32H,(H,33,35). The van der Waals surface area contributed by atoms with Crippen molar-refractivity contribution in [1.82, 2.24) is 0 Å². The zero-order valence-electron chi connectivity index (χ0n) is 18.1. The van der Waals surface area contributed by atoms with Gasteiger partial charge < -0.3 is 10.6 Å². The van der Waals surface area contributed by atoms with Crippen molar-refractivity contribution in [1.29, 1.82) is 0 Å². The zero-order valence-corrected chi connectivity index (χ0v) is 21.1. The van der Waals surface area contributed by atoms with Crippen molar-refractivity contribution in [3.8, 4) is 0 Å². The van der Waals surface area contributed by atoms with Crippen LogP contribution in [-0.2, 0) is 15.8 Å². The summed E-state index contributed by atoms with van der Waals surface area (Å²) in [6.45, 7) is 0. The molecule has 0 radical (unpaired) electrons. The Kier molecular flexibility index (Phi) is 7.43. The smallest absolute Gasteiger partial charge is 0.350 e. The Morgan fingerprint density at radius 2 is 1.51 bits per heavy atom. The van der Waals surface area contributed by atoms with Crippen molar-refractivity contribution < 1.29 is 27.6 Å². The molecule has 3 aromatic carbocycles. The van der Waals surface area contributed by atoms with E-state index in [0.717, 1.165) is 11.0 Å². The van der Waals surface area contributed by atoms with Crippen LogP contribution >= 0.6 is 46.4 Å². The fraction of sp³-hybridized carbons (Fsp3) is 0.0417. The van der Waals surface area contributed by atoms with E-state index in [4.69, 9.17) is 46.4 Å². The van der Waals surface area contributed by atoms with E-state index in [1.165, 1.54) is 48.5 Å². The molecule has 0 atom stereocenters. The van der Waals surface area contributed by atoms with Crippen LogP contribution in [0.25, 0.3) is 0 Å². The number of amides is 3. The third kappa shape index (κ3) is 5.40. The fourth-order valence-corrected chi connectivity index (χ4v) is 4.22. The molecule has 1 heterocycles. The van der Waals surface area contributed by atoms with Gasteiger partial charge in [-0.15, -0.1) is 0 Å². The highest BCUT2D eigenvalue weighted by Crippen LogP contribution is 2.38. The molecular weight excluding hydrogens is 577 g/mol. The maximum absolute atomic E-state index is 13.1. The molecule has 0 aliphatic carbocycles. The molecule has 1 aliphatic rings. The van der Waals surface area contributed by atoms with Crippen LogP contribution in [0.15, 0.2) is 71.4 Å². The number of anilines is 3. The number of rotatable bonds is 5. The molecule has 190 valence electrons. The molecular formula is C24H12Cl4F3N3O3. The highest BCUT2D eigenvalue weighted by Gasteiger charge is 2.40. The average Bonchev–Trinajstić information content (AvgIpc) is 3.04. The fourth-order valence-electron chi connectivity index (χ4n) is 3.40. The third-order valence-corrected chi connectivity index (χ3v) is 6.61. The number of hydrogen-bond donors (Lipinski definition) is 2. The number of hydrogen-bond acceptors (Lipinski definition) is 4. The van der Waals surface area contributed by atoms with E-state index in [2.05, 4.69) is 10.6 Å². The summed E-state index contributed by atoms with van der Waals surface area (Å²) in [7, 11) is 0. The molecule has 0 saturated carbocycles. The molecule has 0 bridgehead atoms. The summed E-state index contributed by atoms with van der Waals surface area (Å²) in [6, 6.07) is 13.0. The Labute approximate surface area is 227 Å². The zero-order chi connectivity index (χ0) is 27.1. The molecule has 3 aromatic rings. The van der Waals surface area contributed by atoms with Crippen LogP contribution in [0.4, 0.5) is 30.2 Å². The number of nitrogens with zero attached hydrogens (tertiary/aromatic N) is 1. The van der Waals surface area contributed by atoms with Crippen LogP contribution in [0.3, 0.4) is 0 Å². The predicted octanol–water partition coefficient (Wildman–Crippen LogP) is 7.35. The van der Waals surface area contributed by atoms with Crippen LogP contribution in [0.5, 0.6) is 0 Å². The molecule has 0 saturated heterocycles. The highest BCUT2D eigenvalue weighted by atomic mass is 35.5. The normalized spacial score (nSPS) is 13.9. The van der Waals surface area contributed by atoms with Crippen molar-refractivity contribution in [3.05, 3.63) is 97.6 Å². The molecule has 6 nitrogen and oxygen atoms in total. The first-order valence-electron chi connectivity index (χ1n) is 10.2. The third-order valence-electron chi connectivity index (χ3n) is 5.12. The lowest BCUT2D eigenvalue weighted by atomic mass is 10.1. The van der Waals surface area contributed by atoms with Gasteiger partial charge in [0.25, 0.3) is 17.7 Å². The van der Waals surface area contributed by atoms with E-state index in [1.54, 1.807) is 0 Å². The molecule has 2 N–H and O–H groups in total. The summed E-state index contributed by atoms with van der Waals surface area (Å²) in [6.07, 6.45) is -4.71. The van der Waals surface area contributed by atoms with E-state index in [0.29, 0.717) is 6.07 Å². The largest absolute Gasteiger partial charge is 0.417 e. The summed E-state index contributed by atoms with van der Waals surface area (Å²) < 4.78 is 39.3. The second-order valence-electron chi connectivity index (χ2n) is 7.56. The number of carbonyl (C=O) groups is 3. The number of carbonyl (C=O) groups excluding carboxylic acids is 3. The number of halogens is 7.